The van der Waals surface area contributed by atoms with Gasteiger partial charge in [0.25, 0.3) is 0 Å². The van der Waals surface area contributed by atoms with E-state index in [2.05, 4.69) is 61.5 Å². The van der Waals surface area contributed by atoms with Crippen molar-refractivity contribution in [3.63, 3.8) is 0 Å². The molecule has 3 heteroatoms. The Bertz CT molecular complexity index is 632. The molecule has 2 aromatic rings. The summed E-state index contributed by atoms with van der Waals surface area (Å²) in [5, 5.41) is 0. The van der Waals surface area contributed by atoms with Gasteiger partial charge in [0.1, 0.15) is 0 Å². The van der Waals surface area contributed by atoms with Crippen LogP contribution < -0.4 is 3.27 Å². The van der Waals surface area contributed by atoms with Gasteiger partial charge >= 0.3 is 129 Å². The van der Waals surface area contributed by atoms with E-state index in [4.69, 9.17) is 17.0 Å². The molecule has 3 rings (SSSR count). The van der Waals surface area contributed by atoms with E-state index >= 15 is 0 Å². The van der Waals surface area contributed by atoms with Crippen molar-refractivity contribution in [2.24, 2.45) is 0 Å². The van der Waals surface area contributed by atoms with Crippen molar-refractivity contribution < 1.29 is 19.4 Å². The first-order valence-corrected chi connectivity index (χ1v) is 13.8. The average molecular weight is 367 g/mol. The van der Waals surface area contributed by atoms with Gasteiger partial charge in [-0.05, 0) is 0 Å². The Morgan fingerprint density at radius 1 is 0.947 bits per heavy atom. The summed E-state index contributed by atoms with van der Waals surface area (Å²) in [6.07, 6.45) is 2.32. The molecule has 0 bridgehead atoms. The molecule has 0 amide bonds. The summed E-state index contributed by atoms with van der Waals surface area (Å²) < 4.78 is 1.20. The molecule has 0 aliphatic heterocycles. The van der Waals surface area contributed by atoms with Crippen LogP contribution in [0.2, 0.25) is 0 Å². The summed E-state index contributed by atoms with van der Waals surface area (Å²) in [5.41, 5.74) is 5.28. The molecule has 1 aliphatic rings. The molecule has 0 N–H and O–H groups in total. The molecule has 0 fully saturated rings. The zero-order chi connectivity index (χ0) is 13.4. The monoisotopic (exact) mass is 365 g/mol. The minimum atomic E-state index is -2.39. The van der Waals surface area contributed by atoms with Crippen LogP contribution in [0.15, 0.2) is 54.6 Å². The molecule has 0 heterocycles. The van der Waals surface area contributed by atoms with Crippen LogP contribution in [0.4, 0.5) is 0 Å². The third kappa shape index (κ3) is 2.49. The first kappa shape index (κ1) is 13.6. The third-order valence-corrected chi connectivity index (χ3v) is 8.04. The molecule has 19 heavy (non-hydrogen) atoms. The normalized spacial score (nSPS) is 17.0. The number of fused-ring (bicyclic) bond motifs is 1. The second-order valence-corrected chi connectivity index (χ2v) is 13.0. The van der Waals surface area contributed by atoms with Crippen LogP contribution in [0.1, 0.15) is 29.5 Å². The Morgan fingerprint density at radius 3 is 2.37 bits per heavy atom. The number of rotatable bonds is 2. The van der Waals surface area contributed by atoms with Crippen LogP contribution in [0.25, 0.3) is 5.57 Å². The van der Waals surface area contributed by atoms with E-state index in [-0.39, 0.29) is 0 Å². The molecular weight excluding hydrogens is 354 g/mol. The predicted molar refractivity (Wildman–Crippen MR) is 79.7 cm³/mol. The molecule has 1 unspecified atom stereocenters. The van der Waals surface area contributed by atoms with Gasteiger partial charge in [0.15, 0.2) is 0 Å². The zero-order valence-corrected chi connectivity index (χ0v) is 14.5. The molecule has 0 radical (unpaired) electrons. The van der Waals surface area contributed by atoms with E-state index < -0.39 is 19.4 Å². The van der Waals surface area contributed by atoms with E-state index in [0.717, 1.165) is 0 Å². The number of halogens is 2. The summed E-state index contributed by atoms with van der Waals surface area (Å²) in [4.78, 5) is 0. The fourth-order valence-electron chi connectivity index (χ4n) is 2.79. The van der Waals surface area contributed by atoms with Crippen molar-refractivity contribution in [1.29, 1.82) is 0 Å². The van der Waals surface area contributed by atoms with Gasteiger partial charge in [0.2, 0.25) is 0 Å². The standard InChI is InChI=1S/C16H13.2ClH.Zr/c1-12-11-16(13-7-3-2-4-8-13)15-10-6-5-9-14(12)15;;;/h2-8,10-11,16H,1H3;2*1H;/q;;;+2/p-2. The van der Waals surface area contributed by atoms with E-state index in [1.165, 1.54) is 25.5 Å². The predicted octanol–water partition coefficient (Wildman–Crippen LogP) is 4.79. The van der Waals surface area contributed by atoms with Crippen molar-refractivity contribution in [2.75, 3.05) is 0 Å². The number of benzene rings is 2. The Labute approximate surface area is 128 Å². The minimum absolute atomic E-state index is 0.340. The van der Waals surface area contributed by atoms with Gasteiger partial charge in [-0.3, -0.25) is 0 Å². The number of allylic oxidation sites excluding steroid dienone is 2. The fourth-order valence-corrected chi connectivity index (χ4v) is 6.50. The van der Waals surface area contributed by atoms with Gasteiger partial charge in [-0.25, -0.2) is 0 Å². The van der Waals surface area contributed by atoms with Crippen LogP contribution in [-0.2, 0) is 19.4 Å². The summed E-state index contributed by atoms with van der Waals surface area (Å²) in [6.45, 7) is 2.16. The van der Waals surface area contributed by atoms with Crippen LogP contribution >= 0.6 is 17.0 Å². The maximum absolute atomic E-state index is 6.28. The third-order valence-electron chi connectivity index (χ3n) is 3.61. The summed E-state index contributed by atoms with van der Waals surface area (Å²) in [6, 6.07) is 17.0. The molecule has 1 aliphatic carbocycles. The summed E-state index contributed by atoms with van der Waals surface area (Å²) in [5.74, 6) is 0.340. The van der Waals surface area contributed by atoms with Gasteiger partial charge in [-0.15, -0.1) is 0 Å². The van der Waals surface area contributed by atoms with E-state index in [1.807, 2.05) is 0 Å². The molecule has 0 nitrogen and oxygen atoms in total. The molecule has 2 aromatic carbocycles. The van der Waals surface area contributed by atoms with Gasteiger partial charge in [-0.1, -0.05) is 0 Å². The molecule has 0 spiro atoms. The van der Waals surface area contributed by atoms with E-state index in [9.17, 15) is 0 Å². The van der Waals surface area contributed by atoms with Crippen molar-refractivity contribution in [3.8, 4) is 0 Å². The quantitative estimate of drug-likeness (QED) is 0.716. The fraction of sp³-hybridized carbons (Fsp3) is 0.125. The Morgan fingerprint density at radius 2 is 1.68 bits per heavy atom. The van der Waals surface area contributed by atoms with Gasteiger partial charge in [-0.2, -0.15) is 0 Å². The molecular formula is C16H13Cl2Zr. The Kier molecular flexibility index (Phi) is 3.99. The topological polar surface area (TPSA) is 0 Å². The number of hydrogen-bond acceptors (Lipinski definition) is 0. The zero-order valence-electron chi connectivity index (χ0n) is 10.5. The Hall–Kier alpha value is -0.357. The molecule has 0 saturated carbocycles. The van der Waals surface area contributed by atoms with Crippen LogP contribution in [-0.4, -0.2) is 0 Å². The molecule has 1 atom stereocenters. The van der Waals surface area contributed by atoms with Gasteiger partial charge in [0, 0.05) is 0 Å². The van der Waals surface area contributed by atoms with Crippen LogP contribution in [0.3, 0.4) is 0 Å². The molecule has 0 saturated heterocycles. The first-order valence-electron chi connectivity index (χ1n) is 6.23. The van der Waals surface area contributed by atoms with Crippen LogP contribution in [0, 0.1) is 0 Å². The molecule has 0 aromatic heterocycles. The summed E-state index contributed by atoms with van der Waals surface area (Å²) >= 11 is -2.39. The second-order valence-electron chi connectivity index (χ2n) is 4.77. The second kappa shape index (κ2) is 5.56. The molecule has 95 valence electrons. The Balaban J connectivity index is 2.15. The van der Waals surface area contributed by atoms with Crippen LogP contribution in [0.5, 0.6) is 0 Å². The maximum atomic E-state index is 6.28. The van der Waals surface area contributed by atoms with E-state index in [0.29, 0.717) is 5.92 Å². The van der Waals surface area contributed by atoms with Gasteiger partial charge in [0.05, 0.1) is 0 Å². The average Bonchev–Trinajstić information content (AvgIpc) is 2.77. The number of hydrogen-bond donors (Lipinski definition) is 0. The van der Waals surface area contributed by atoms with E-state index in [1.54, 1.807) is 0 Å². The van der Waals surface area contributed by atoms with Gasteiger partial charge < -0.3 is 0 Å². The SMILES string of the molecule is CC1=CC(c2ccccc2)c2ccc[c]([Zr]([Cl])[Cl])c21. The summed E-state index contributed by atoms with van der Waals surface area (Å²) in [7, 11) is 12.6. The van der Waals surface area contributed by atoms with Crippen molar-refractivity contribution in [2.45, 2.75) is 12.8 Å². The first-order chi connectivity index (χ1) is 9.18. The van der Waals surface area contributed by atoms with Crippen molar-refractivity contribution >= 4 is 25.9 Å². The van der Waals surface area contributed by atoms with Crippen molar-refractivity contribution in [3.05, 3.63) is 71.3 Å². The van der Waals surface area contributed by atoms with Crippen molar-refractivity contribution in [1.82, 2.24) is 0 Å².